The van der Waals surface area contributed by atoms with Gasteiger partial charge in [0.15, 0.2) is 0 Å². The van der Waals surface area contributed by atoms with E-state index in [9.17, 15) is 9.59 Å². The Labute approximate surface area is 174 Å². The van der Waals surface area contributed by atoms with Gasteiger partial charge in [-0.25, -0.2) is 9.59 Å². The fraction of sp³-hybridized carbons (Fsp3) is 0.636. The number of piperidine rings is 1. The molecule has 1 atom stereocenters. The quantitative estimate of drug-likeness (QED) is 0.797. The van der Waals surface area contributed by atoms with E-state index in [0.717, 1.165) is 38.2 Å². The van der Waals surface area contributed by atoms with Gasteiger partial charge in [0.1, 0.15) is 0 Å². The Morgan fingerprint density at radius 1 is 1.07 bits per heavy atom. The predicted octanol–water partition coefficient (Wildman–Crippen LogP) is 2.44. The lowest BCUT2D eigenvalue weighted by Gasteiger charge is -2.34. The average molecular weight is 402 g/mol. The van der Waals surface area contributed by atoms with Crippen LogP contribution in [0, 0.1) is 0 Å². The zero-order valence-corrected chi connectivity index (χ0v) is 17.8. The summed E-state index contributed by atoms with van der Waals surface area (Å²) in [5.41, 5.74) is 1.09. The zero-order valence-electron chi connectivity index (χ0n) is 17.8. The lowest BCUT2D eigenvalue weighted by Crippen LogP contribution is -2.50. The van der Waals surface area contributed by atoms with E-state index >= 15 is 0 Å². The van der Waals surface area contributed by atoms with Crippen LogP contribution in [0.5, 0.6) is 0 Å². The minimum absolute atomic E-state index is 0.0403. The Morgan fingerprint density at radius 2 is 1.79 bits per heavy atom. The lowest BCUT2D eigenvalue weighted by molar-refractivity contribution is 0.132. The molecule has 4 amide bonds. The number of rotatable bonds is 6. The maximum Gasteiger partial charge on any atom is 0.319 e. The van der Waals surface area contributed by atoms with Crippen LogP contribution < -0.4 is 5.32 Å². The van der Waals surface area contributed by atoms with E-state index < -0.39 is 0 Å². The number of amides is 4. The maximum absolute atomic E-state index is 12.8. The molecule has 0 radical (unpaired) electrons. The summed E-state index contributed by atoms with van der Waals surface area (Å²) in [6.07, 6.45) is 4.64. The Morgan fingerprint density at radius 3 is 2.48 bits per heavy atom. The minimum atomic E-state index is -0.0513. The third kappa shape index (κ3) is 6.10. The van der Waals surface area contributed by atoms with Gasteiger partial charge in [-0.2, -0.15) is 0 Å². The molecule has 2 aliphatic rings. The van der Waals surface area contributed by atoms with Gasteiger partial charge in [0, 0.05) is 46.8 Å². The normalized spacial score (nSPS) is 19.8. The van der Waals surface area contributed by atoms with Crippen LogP contribution in [0.25, 0.3) is 0 Å². The summed E-state index contributed by atoms with van der Waals surface area (Å²) in [6.45, 7) is 5.70. The maximum atomic E-state index is 12.8. The molecule has 29 heavy (non-hydrogen) atoms. The molecule has 0 bridgehead atoms. The third-order valence-corrected chi connectivity index (χ3v) is 5.91. The summed E-state index contributed by atoms with van der Waals surface area (Å²) >= 11 is 0. The molecule has 1 N–H and O–H groups in total. The van der Waals surface area contributed by atoms with E-state index in [1.54, 1.807) is 19.0 Å². The SMILES string of the molecule is CN(C)C(=O)N(CCN1CCCCC1)[C@H]1CCN(C(=O)NCc2ccccc2)C1. The summed E-state index contributed by atoms with van der Waals surface area (Å²) in [6, 6.07) is 9.99. The van der Waals surface area contributed by atoms with Crippen LogP contribution in [-0.4, -0.2) is 91.1 Å². The number of urea groups is 2. The highest BCUT2D eigenvalue weighted by Crippen LogP contribution is 2.18. The molecule has 160 valence electrons. The van der Waals surface area contributed by atoms with Crippen molar-refractivity contribution in [1.82, 2.24) is 24.9 Å². The molecule has 0 saturated carbocycles. The van der Waals surface area contributed by atoms with Crippen LogP contribution in [0.2, 0.25) is 0 Å². The van der Waals surface area contributed by atoms with Crippen molar-refractivity contribution in [2.45, 2.75) is 38.3 Å². The average Bonchev–Trinajstić information content (AvgIpc) is 3.23. The molecular weight excluding hydrogens is 366 g/mol. The number of carbonyl (C=O) groups is 2. The first-order valence-electron chi connectivity index (χ1n) is 10.8. The van der Waals surface area contributed by atoms with Crippen molar-refractivity contribution in [3.05, 3.63) is 35.9 Å². The van der Waals surface area contributed by atoms with Gasteiger partial charge < -0.3 is 24.9 Å². The van der Waals surface area contributed by atoms with E-state index in [0.29, 0.717) is 19.6 Å². The molecule has 0 spiro atoms. The van der Waals surface area contributed by atoms with Crippen molar-refractivity contribution >= 4 is 12.1 Å². The van der Waals surface area contributed by atoms with Crippen LogP contribution >= 0.6 is 0 Å². The van der Waals surface area contributed by atoms with Crippen molar-refractivity contribution in [3.63, 3.8) is 0 Å². The molecule has 1 aromatic carbocycles. The monoisotopic (exact) mass is 401 g/mol. The smallest absolute Gasteiger partial charge is 0.319 e. The second kappa shape index (κ2) is 10.5. The summed E-state index contributed by atoms with van der Waals surface area (Å²) in [4.78, 5) is 33.3. The summed E-state index contributed by atoms with van der Waals surface area (Å²) in [5.74, 6) is 0. The first-order chi connectivity index (χ1) is 14.0. The van der Waals surface area contributed by atoms with Gasteiger partial charge in [0.2, 0.25) is 0 Å². The molecular formula is C22H35N5O2. The molecule has 1 aromatic rings. The number of hydrogen-bond donors (Lipinski definition) is 1. The molecule has 2 aliphatic heterocycles. The molecule has 0 aliphatic carbocycles. The van der Waals surface area contributed by atoms with Gasteiger partial charge in [-0.05, 0) is 37.9 Å². The van der Waals surface area contributed by atoms with E-state index in [-0.39, 0.29) is 18.1 Å². The Hall–Kier alpha value is -2.28. The van der Waals surface area contributed by atoms with Gasteiger partial charge in [0.25, 0.3) is 0 Å². The Bertz CT molecular complexity index is 660. The second-order valence-corrected chi connectivity index (χ2v) is 8.31. The first-order valence-corrected chi connectivity index (χ1v) is 10.8. The topological polar surface area (TPSA) is 59.1 Å². The fourth-order valence-corrected chi connectivity index (χ4v) is 4.19. The number of nitrogens with one attached hydrogen (secondary N) is 1. The predicted molar refractivity (Wildman–Crippen MR) is 115 cm³/mol. The standard InChI is InChI=1S/C22H35N5O2/c1-24(2)22(29)27(16-15-25-12-7-4-8-13-25)20-11-14-26(18-20)21(28)23-17-19-9-5-3-6-10-19/h3,5-6,9-10,20H,4,7-8,11-18H2,1-2H3,(H,23,28)/t20-/m0/s1. The first kappa shape index (κ1) is 21.4. The van der Waals surface area contributed by atoms with E-state index in [1.807, 2.05) is 40.1 Å². The molecule has 2 saturated heterocycles. The minimum Gasteiger partial charge on any atom is -0.334 e. The van der Waals surface area contributed by atoms with Crippen LogP contribution in [0.15, 0.2) is 30.3 Å². The zero-order chi connectivity index (χ0) is 20.6. The van der Waals surface area contributed by atoms with Crippen LogP contribution in [0.1, 0.15) is 31.2 Å². The van der Waals surface area contributed by atoms with E-state index in [4.69, 9.17) is 0 Å². The number of benzene rings is 1. The summed E-state index contributed by atoms with van der Waals surface area (Å²) < 4.78 is 0. The highest BCUT2D eigenvalue weighted by molar-refractivity contribution is 5.76. The molecule has 7 nitrogen and oxygen atoms in total. The molecule has 2 heterocycles. The van der Waals surface area contributed by atoms with E-state index in [2.05, 4.69) is 10.2 Å². The van der Waals surface area contributed by atoms with Gasteiger partial charge >= 0.3 is 12.1 Å². The molecule has 0 unspecified atom stereocenters. The van der Waals surface area contributed by atoms with E-state index in [1.165, 1.54) is 19.3 Å². The van der Waals surface area contributed by atoms with Crippen LogP contribution in [-0.2, 0) is 6.54 Å². The lowest BCUT2D eigenvalue weighted by atomic mass is 10.1. The Kier molecular flexibility index (Phi) is 7.75. The van der Waals surface area contributed by atoms with Gasteiger partial charge in [0.05, 0.1) is 6.04 Å². The van der Waals surface area contributed by atoms with Gasteiger partial charge in [-0.3, -0.25) is 0 Å². The van der Waals surface area contributed by atoms with Crippen molar-refractivity contribution in [3.8, 4) is 0 Å². The van der Waals surface area contributed by atoms with Crippen LogP contribution in [0.3, 0.4) is 0 Å². The second-order valence-electron chi connectivity index (χ2n) is 8.31. The summed E-state index contributed by atoms with van der Waals surface area (Å²) in [7, 11) is 3.60. The van der Waals surface area contributed by atoms with Gasteiger partial charge in [-0.1, -0.05) is 36.8 Å². The fourth-order valence-electron chi connectivity index (χ4n) is 4.19. The largest absolute Gasteiger partial charge is 0.334 e. The highest BCUT2D eigenvalue weighted by atomic mass is 16.2. The van der Waals surface area contributed by atoms with Crippen molar-refractivity contribution < 1.29 is 9.59 Å². The third-order valence-electron chi connectivity index (χ3n) is 5.91. The van der Waals surface area contributed by atoms with Crippen molar-refractivity contribution in [1.29, 1.82) is 0 Å². The van der Waals surface area contributed by atoms with Crippen molar-refractivity contribution in [2.24, 2.45) is 0 Å². The summed E-state index contributed by atoms with van der Waals surface area (Å²) in [5, 5.41) is 3.00. The Balaban J connectivity index is 1.53. The number of carbonyl (C=O) groups excluding carboxylic acids is 2. The molecule has 3 rings (SSSR count). The molecule has 7 heteroatoms. The molecule has 0 aromatic heterocycles. The van der Waals surface area contributed by atoms with Gasteiger partial charge in [-0.15, -0.1) is 0 Å². The number of nitrogens with zero attached hydrogens (tertiary/aromatic N) is 4. The number of hydrogen-bond acceptors (Lipinski definition) is 3. The number of likely N-dealkylation sites (tertiary alicyclic amines) is 2. The highest BCUT2D eigenvalue weighted by Gasteiger charge is 2.33. The van der Waals surface area contributed by atoms with Crippen molar-refractivity contribution in [2.75, 3.05) is 53.4 Å². The van der Waals surface area contributed by atoms with Crippen LogP contribution in [0.4, 0.5) is 9.59 Å². The molecule has 2 fully saturated rings.